The second kappa shape index (κ2) is 3.49. The van der Waals surface area contributed by atoms with Crippen molar-refractivity contribution in [2.75, 3.05) is 0 Å². The van der Waals surface area contributed by atoms with Crippen LogP contribution >= 0.6 is 0 Å². The second-order valence-corrected chi connectivity index (χ2v) is 3.10. The zero-order valence-electron chi connectivity index (χ0n) is 7.43. The Kier molecular flexibility index (Phi) is 2.18. The normalized spacial score (nSPS) is 13.9. The van der Waals surface area contributed by atoms with Crippen LogP contribution in [-0.2, 0) is 11.2 Å². The Morgan fingerprint density at radius 1 is 1.50 bits per heavy atom. The molecule has 0 bridgehead atoms. The fraction of sp³-hybridized carbons (Fsp3) is 0.200. The monoisotopic (exact) mass is 191 g/mol. The van der Waals surface area contributed by atoms with Crippen molar-refractivity contribution in [1.82, 2.24) is 0 Å². The van der Waals surface area contributed by atoms with Crippen molar-refractivity contribution in [2.24, 2.45) is 5.16 Å². The van der Waals surface area contributed by atoms with Crippen LogP contribution in [0.25, 0.3) is 0 Å². The molecule has 72 valence electrons. The summed E-state index contributed by atoms with van der Waals surface area (Å²) < 4.78 is 0. The molecule has 14 heavy (non-hydrogen) atoms. The molecule has 1 aromatic rings. The second-order valence-electron chi connectivity index (χ2n) is 3.10. The standard InChI is InChI=1S/C10H9NO3/c12-10(13)6-8-5-7-3-1-2-4-9(7)14-11-8/h1-4H,5-6H2,(H,12,13). The van der Waals surface area contributed by atoms with Crippen LogP contribution in [-0.4, -0.2) is 16.8 Å². The number of hydrogen-bond acceptors (Lipinski definition) is 3. The molecule has 1 aromatic carbocycles. The lowest BCUT2D eigenvalue weighted by Gasteiger charge is -2.13. The molecule has 4 heteroatoms. The number of benzene rings is 1. The van der Waals surface area contributed by atoms with E-state index in [-0.39, 0.29) is 6.42 Å². The van der Waals surface area contributed by atoms with Crippen molar-refractivity contribution in [2.45, 2.75) is 12.8 Å². The number of fused-ring (bicyclic) bond motifs is 1. The SMILES string of the molecule is O=C(O)CC1=NOc2ccccc2C1. The molecule has 0 aromatic heterocycles. The highest BCUT2D eigenvalue weighted by molar-refractivity contribution is 5.99. The number of aliphatic carboxylic acids is 1. The maximum Gasteiger partial charge on any atom is 0.309 e. The number of carboxylic acid groups (broad SMARTS) is 1. The largest absolute Gasteiger partial charge is 0.481 e. The molecule has 0 spiro atoms. The van der Waals surface area contributed by atoms with Gasteiger partial charge < -0.3 is 9.94 Å². The van der Waals surface area contributed by atoms with Gasteiger partial charge in [-0.2, -0.15) is 0 Å². The molecule has 0 unspecified atom stereocenters. The van der Waals surface area contributed by atoms with E-state index in [9.17, 15) is 4.79 Å². The molecule has 2 rings (SSSR count). The quantitative estimate of drug-likeness (QED) is 0.769. The number of nitrogens with zero attached hydrogens (tertiary/aromatic N) is 1. The molecule has 0 amide bonds. The van der Waals surface area contributed by atoms with E-state index in [1.807, 2.05) is 24.3 Å². The van der Waals surface area contributed by atoms with E-state index in [0.29, 0.717) is 17.9 Å². The number of oxime groups is 1. The Bertz CT molecular complexity index is 398. The first-order valence-electron chi connectivity index (χ1n) is 4.28. The fourth-order valence-corrected chi connectivity index (χ4v) is 1.37. The minimum absolute atomic E-state index is 0.0612. The predicted molar refractivity (Wildman–Crippen MR) is 50.5 cm³/mol. The first-order chi connectivity index (χ1) is 6.75. The Hall–Kier alpha value is -1.84. The lowest BCUT2D eigenvalue weighted by atomic mass is 10.0. The maximum absolute atomic E-state index is 10.4. The average molecular weight is 191 g/mol. The highest BCUT2D eigenvalue weighted by atomic mass is 16.6. The van der Waals surface area contributed by atoms with Crippen LogP contribution in [0.1, 0.15) is 12.0 Å². The third-order valence-corrected chi connectivity index (χ3v) is 2.00. The van der Waals surface area contributed by atoms with Crippen molar-refractivity contribution in [3.63, 3.8) is 0 Å². The van der Waals surface area contributed by atoms with Crippen LogP contribution in [0.3, 0.4) is 0 Å². The zero-order chi connectivity index (χ0) is 9.97. The van der Waals surface area contributed by atoms with Gasteiger partial charge >= 0.3 is 5.97 Å². The molecule has 0 fully saturated rings. The Morgan fingerprint density at radius 2 is 2.29 bits per heavy atom. The fourth-order valence-electron chi connectivity index (χ4n) is 1.37. The number of carboxylic acids is 1. The van der Waals surface area contributed by atoms with Gasteiger partial charge in [0, 0.05) is 12.0 Å². The Labute approximate surface area is 80.8 Å². The van der Waals surface area contributed by atoms with Crippen LogP contribution < -0.4 is 4.84 Å². The van der Waals surface area contributed by atoms with Crippen LogP contribution in [0.4, 0.5) is 0 Å². The van der Waals surface area contributed by atoms with Crippen molar-refractivity contribution < 1.29 is 14.7 Å². The van der Waals surface area contributed by atoms with Crippen LogP contribution in [0.15, 0.2) is 29.4 Å². The maximum atomic E-state index is 10.4. The molecule has 0 radical (unpaired) electrons. The highest BCUT2D eigenvalue weighted by Gasteiger charge is 2.15. The molecule has 0 saturated heterocycles. The van der Waals surface area contributed by atoms with Crippen molar-refractivity contribution >= 4 is 11.7 Å². The van der Waals surface area contributed by atoms with Gasteiger partial charge in [-0.25, -0.2) is 0 Å². The molecule has 1 N–H and O–H groups in total. The van der Waals surface area contributed by atoms with E-state index in [4.69, 9.17) is 9.94 Å². The summed E-state index contributed by atoms with van der Waals surface area (Å²) in [6.07, 6.45) is 0.497. The average Bonchev–Trinajstić information content (AvgIpc) is 2.17. The van der Waals surface area contributed by atoms with E-state index < -0.39 is 5.97 Å². The van der Waals surface area contributed by atoms with Crippen molar-refractivity contribution in [3.05, 3.63) is 29.8 Å². The smallest absolute Gasteiger partial charge is 0.309 e. The molecule has 1 aliphatic rings. The molecule has 0 aliphatic carbocycles. The first kappa shape index (κ1) is 8.74. The van der Waals surface area contributed by atoms with Gasteiger partial charge in [0.2, 0.25) is 0 Å². The third kappa shape index (κ3) is 1.74. The molecular weight excluding hydrogens is 182 g/mol. The van der Waals surface area contributed by atoms with Crippen LogP contribution in [0, 0.1) is 0 Å². The molecule has 1 aliphatic heterocycles. The summed E-state index contributed by atoms with van der Waals surface area (Å²) in [5.41, 5.74) is 1.54. The van der Waals surface area contributed by atoms with Crippen LogP contribution in [0.5, 0.6) is 5.75 Å². The van der Waals surface area contributed by atoms with Crippen molar-refractivity contribution in [1.29, 1.82) is 0 Å². The zero-order valence-corrected chi connectivity index (χ0v) is 7.43. The van der Waals surface area contributed by atoms with Gasteiger partial charge in [-0.1, -0.05) is 23.4 Å². The first-order valence-corrected chi connectivity index (χ1v) is 4.28. The summed E-state index contributed by atoms with van der Waals surface area (Å²) in [6.45, 7) is 0. The summed E-state index contributed by atoms with van der Waals surface area (Å²) in [4.78, 5) is 15.5. The Balaban J connectivity index is 2.17. The minimum atomic E-state index is -0.883. The summed E-state index contributed by atoms with van der Waals surface area (Å²) in [6, 6.07) is 7.48. The summed E-state index contributed by atoms with van der Waals surface area (Å²) in [5.74, 6) is -0.173. The van der Waals surface area contributed by atoms with E-state index in [0.717, 1.165) is 5.56 Å². The Morgan fingerprint density at radius 3 is 3.07 bits per heavy atom. The minimum Gasteiger partial charge on any atom is -0.481 e. The summed E-state index contributed by atoms with van der Waals surface area (Å²) in [5, 5.41) is 12.3. The summed E-state index contributed by atoms with van der Waals surface area (Å²) in [7, 11) is 0. The number of rotatable bonds is 2. The van der Waals surface area contributed by atoms with Gasteiger partial charge in [0.25, 0.3) is 0 Å². The van der Waals surface area contributed by atoms with Gasteiger partial charge in [0.05, 0.1) is 12.1 Å². The van der Waals surface area contributed by atoms with Gasteiger partial charge in [0.1, 0.15) is 0 Å². The number of para-hydroxylation sites is 1. The molecule has 4 nitrogen and oxygen atoms in total. The van der Waals surface area contributed by atoms with Crippen LogP contribution in [0.2, 0.25) is 0 Å². The number of carbonyl (C=O) groups is 1. The topological polar surface area (TPSA) is 58.9 Å². The van der Waals surface area contributed by atoms with E-state index in [1.54, 1.807) is 0 Å². The molecule has 1 heterocycles. The van der Waals surface area contributed by atoms with Gasteiger partial charge in [0.15, 0.2) is 5.75 Å². The molecule has 0 saturated carbocycles. The van der Waals surface area contributed by atoms with Gasteiger partial charge in [-0.15, -0.1) is 0 Å². The van der Waals surface area contributed by atoms with Gasteiger partial charge in [-0.3, -0.25) is 4.79 Å². The van der Waals surface area contributed by atoms with E-state index >= 15 is 0 Å². The van der Waals surface area contributed by atoms with E-state index in [2.05, 4.69) is 5.16 Å². The summed E-state index contributed by atoms with van der Waals surface area (Å²) >= 11 is 0. The number of hydrogen-bond donors (Lipinski definition) is 1. The van der Waals surface area contributed by atoms with Gasteiger partial charge in [-0.05, 0) is 6.07 Å². The predicted octanol–water partition coefficient (Wildman–Crippen LogP) is 1.45. The third-order valence-electron chi connectivity index (χ3n) is 2.00. The highest BCUT2D eigenvalue weighted by Crippen LogP contribution is 2.23. The van der Waals surface area contributed by atoms with Crippen molar-refractivity contribution in [3.8, 4) is 5.75 Å². The molecule has 0 atom stereocenters. The lowest BCUT2D eigenvalue weighted by molar-refractivity contribution is -0.135. The molecular formula is C10H9NO3. The lowest BCUT2D eigenvalue weighted by Crippen LogP contribution is -2.15. The van der Waals surface area contributed by atoms with E-state index in [1.165, 1.54) is 0 Å².